The number of halogens is 2. The van der Waals surface area contributed by atoms with E-state index in [1.165, 1.54) is 6.07 Å². The maximum Gasteiger partial charge on any atom is 0.220 e. The van der Waals surface area contributed by atoms with Crippen molar-refractivity contribution < 1.29 is 9.18 Å². The highest BCUT2D eigenvalue weighted by molar-refractivity contribution is 9.10. The van der Waals surface area contributed by atoms with E-state index in [0.29, 0.717) is 18.4 Å². The van der Waals surface area contributed by atoms with E-state index in [2.05, 4.69) is 26.1 Å². The van der Waals surface area contributed by atoms with Gasteiger partial charge in [0.05, 0.1) is 0 Å². The summed E-state index contributed by atoms with van der Waals surface area (Å²) < 4.78 is 14.2. The van der Waals surface area contributed by atoms with Crippen molar-refractivity contribution in [1.82, 2.24) is 10.2 Å². The smallest absolute Gasteiger partial charge is 0.220 e. The lowest BCUT2D eigenvalue weighted by atomic mass is 9.85. The summed E-state index contributed by atoms with van der Waals surface area (Å²) >= 11 is 3.33. The quantitative estimate of drug-likeness (QED) is 0.897. The normalized spacial score (nSPS) is 27.0. The summed E-state index contributed by atoms with van der Waals surface area (Å²) in [6, 6.07) is 5.38. The van der Waals surface area contributed by atoms with Crippen LogP contribution < -0.4 is 5.32 Å². The topological polar surface area (TPSA) is 32.3 Å². The number of nitrogens with one attached hydrogen (secondary N) is 1. The van der Waals surface area contributed by atoms with Crippen molar-refractivity contribution in [2.45, 2.75) is 31.8 Å². The third kappa shape index (κ3) is 3.20. The first kappa shape index (κ1) is 14.0. The molecule has 0 aliphatic carbocycles. The molecule has 0 aromatic heterocycles. The third-order valence-corrected chi connectivity index (χ3v) is 4.69. The zero-order valence-corrected chi connectivity index (χ0v) is 12.8. The molecule has 0 saturated carbocycles. The molecule has 2 aliphatic heterocycles. The van der Waals surface area contributed by atoms with Crippen LogP contribution in [0.15, 0.2) is 22.7 Å². The lowest BCUT2D eigenvalue weighted by Gasteiger charge is -2.41. The molecule has 2 aliphatic rings. The Balaban J connectivity index is 1.63. The van der Waals surface area contributed by atoms with Crippen LogP contribution in [-0.2, 0) is 11.3 Å². The number of fused-ring (bicyclic) bond motifs is 1. The first-order chi connectivity index (χ1) is 9.60. The van der Waals surface area contributed by atoms with Gasteiger partial charge in [0.1, 0.15) is 5.82 Å². The summed E-state index contributed by atoms with van der Waals surface area (Å²) in [5.41, 5.74) is 0.996. The molecule has 1 aromatic carbocycles. The predicted molar refractivity (Wildman–Crippen MR) is 78.6 cm³/mol. The highest BCUT2D eigenvalue weighted by Crippen LogP contribution is 2.26. The minimum atomic E-state index is -0.200. The van der Waals surface area contributed by atoms with Gasteiger partial charge in [-0.05, 0) is 42.5 Å². The van der Waals surface area contributed by atoms with Gasteiger partial charge in [0.15, 0.2) is 0 Å². The number of amides is 1. The molecular formula is C15H18BrFN2O. The second-order valence-corrected chi connectivity index (χ2v) is 6.69. The van der Waals surface area contributed by atoms with E-state index in [0.717, 1.165) is 42.5 Å². The average Bonchev–Trinajstić information content (AvgIpc) is 2.38. The lowest BCUT2D eigenvalue weighted by Crippen LogP contribution is -2.53. The Morgan fingerprint density at radius 3 is 3.00 bits per heavy atom. The second kappa shape index (κ2) is 5.82. The molecule has 1 N–H and O–H groups in total. The molecule has 108 valence electrons. The van der Waals surface area contributed by atoms with Crippen molar-refractivity contribution in [3.05, 3.63) is 34.1 Å². The highest BCUT2D eigenvalue weighted by Gasteiger charge is 2.33. The molecule has 20 heavy (non-hydrogen) atoms. The average molecular weight is 341 g/mol. The van der Waals surface area contributed by atoms with Gasteiger partial charge in [-0.1, -0.05) is 15.9 Å². The van der Waals surface area contributed by atoms with Crippen LogP contribution in [0.2, 0.25) is 0 Å². The number of piperidine rings is 2. The van der Waals surface area contributed by atoms with Crippen molar-refractivity contribution in [3.63, 3.8) is 0 Å². The molecule has 0 bridgehead atoms. The fourth-order valence-electron chi connectivity index (χ4n) is 3.29. The van der Waals surface area contributed by atoms with E-state index in [1.54, 1.807) is 6.07 Å². The molecule has 0 spiro atoms. The van der Waals surface area contributed by atoms with Crippen LogP contribution in [0.5, 0.6) is 0 Å². The summed E-state index contributed by atoms with van der Waals surface area (Å²) in [5.74, 6) is 0.529. The van der Waals surface area contributed by atoms with Gasteiger partial charge in [0, 0.05) is 36.6 Å². The molecule has 2 fully saturated rings. The van der Waals surface area contributed by atoms with E-state index in [4.69, 9.17) is 0 Å². The molecule has 0 radical (unpaired) electrons. The van der Waals surface area contributed by atoms with Crippen molar-refractivity contribution in [2.75, 3.05) is 13.1 Å². The van der Waals surface area contributed by atoms with Gasteiger partial charge in [-0.2, -0.15) is 0 Å². The summed E-state index contributed by atoms with van der Waals surface area (Å²) in [6.07, 6.45) is 2.60. The largest absolute Gasteiger partial charge is 0.353 e. The lowest BCUT2D eigenvalue weighted by molar-refractivity contribution is -0.125. The van der Waals surface area contributed by atoms with E-state index >= 15 is 0 Å². The van der Waals surface area contributed by atoms with E-state index in [9.17, 15) is 9.18 Å². The third-order valence-electron chi connectivity index (χ3n) is 4.24. The number of carbonyl (C=O) groups is 1. The Kier molecular flexibility index (Phi) is 4.08. The number of likely N-dealkylation sites (tertiary alicyclic amines) is 1. The number of hydrogen-bond donors (Lipinski definition) is 1. The first-order valence-electron chi connectivity index (χ1n) is 7.07. The highest BCUT2D eigenvalue weighted by atomic mass is 79.9. The van der Waals surface area contributed by atoms with E-state index in [-0.39, 0.29) is 11.7 Å². The molecular weight excluding hydrogens is 323 g/mol. The van der Waals surface area contributed by atoms with E-state index < -0.39 is 0 Å². The Morgan fingerprint density at radius 2 is 2.20 bits per heavy atom. The second-order valence-electron chi connectivity index (χ2n) is 5.77. The Labute approximate surface area is 126 Å². The SMILES string of the molecule is O=C1CCC2CN(Cc3cc(F)cc(Br)c3)CCC2N1. The van der Waals surface area contributed by atoms with Gasteiger partial charge in [0.2, 0.25) is 5.91 Å². The number of rotatable bonds is 2. The van der Waals surface area contributed by atoms with Crippen LogP contribution >= 0.6 is 15.9 Å². The minimum absolute atomic E-state index is 0.189. The van der Waals surface area contributed by atoms with Crippen LogP contribution in [0.1, 0.15) is 24.8 Å². The summed E-state index contributed by atoms with van der Waals surface area (Å²) in [7, 11) is 0. The van der Waals surface area contributed by atoms with Gasteiger partial charge in [0.25, 0.3) is 0 Å². The van der Waals surface area contributed by atoms with Gasteiger partial charge in [-0.15, -0.1) is 0 Å². The van der Waals surface area contributed by atoms with Crippen LogP contribution in [-0.4, -0.2) is 29.9 Å². The van der Waals surface area contributed by atoms with Crippen LogP contribution in [0.4, 0.5) is 4.39 Å². The van der Waals surface area contributed by atoms with Gasteiger partial charge >= 0.3 is 0 Å². The van der Waals surface area contributed by atoms with Gasteiger partial charge < -0.3 is 5.32 Å². The zero-order chi connectivity index (χ0) is 14.1. The molecule has 2 unspecified atom stereocenters. The number of hydrogen-bond acceptors (Lipinski definition) is 2. The van der Waals surface area contributed by atoms with Crippen LogP contribution in [0, 0.1) is 11.7 Å². The molecule has 2 heterocycles. The molecule has 1 aromatic rings. The Hall–Kier alpha value is -0.940. The van der Waals surface area contributed by atoms with Gasteiger partial charge in [-0.25, -0.2) is 4.39 Å². The zero-order valence-electron chi connectivity index (χ0n) is 11.2. The Bertz CT molecular complexity index is 502. The molecule has 3 nitrogen and oxygen atoms in total. The predicted octanol–water partition coefficient (Wildman–Crippen LogP) is 2.69. The van der Waals surface area contributed by atoms with Crippen molar-refractivity contribution in [1.29, 1.82) is 0 Å². The number of nitrogens with zero attached hydrogens (tertiary/aromatic N) is 1. The van der Waals surface area contributed by atoms with Crippen molar-refractivity contribution >= 4 is 21.8 Å². The van der Waals surface area contributed by atoms with Crippen molar-refractivity contribution in [2.24, 2.45) is 5.92 Å². The monoisotopic (exact) mass is 340 g/mol. The van der Waals surface area contributed by atoms with Crippen molar-refractivity contribution in [3.8, 4) is 0 Å². The first-order valence-corrected chi connectivity index (χ1v) is 7.86. The molecule has 5 heteroatoms. The number of benzene rings is 1. The number of carbonyl (C=O) groups excluding carboxylic acids is 1. The maximum atomic E-state index is 13.4. The molecule has 2 saturated heterocycles. The minimum Gasteiger partial charge on any atom is -0.353 e. The van der Waals surface area contributed by atoms with E-state index in [1.807, 2.05) is 6.07 Å². The Morgan fingerprint density at radius 1 is 1.35 bits per heavy atom. The maximum absolute atomic E-state index is 13.4. The fraction of sp³-hybridized carbons (Fsp3) is 0.533. The van der Waals surface area contributed by atoms with Gasteiger partial charge in [-0.3, -0.25) is 9.69 Å². The molecule has 3 rings (SSSR count). The fourth-order valence-corrected chi connectivity index (χ4v) is 3.80. The standard InChI is InChI=1S/C15H18BrFN2O/c16-12-5-10(6-13(17)7-12)8-19-4-3-14-11(9-19)1-2-15(20)18-14/h5-7,11,14H,1-4,8-9H2,(H,18,20). The summed E-state index contributed by atoms with van der Waals surface area (Å²) in [4.78, 5) is 13.8. The summed E-state index contributed by atoms with van der Waals surface area (Å²) in [6.45, 7) is 2.71. The summed E-state index contributed by atoms with van der Waals surface area (Å²) in [5, 5.41) is 3.09. The van der Waals surface area contributed by atoms with Crippen LogP contribution in [0.25, 0.3) is 0 Å². The van der Waals surface area contributed by atoms with Crippen LogP contribution in [0.3, 0.4) is 0 Å². The molecule has 2 atom stereocenters. The molecule has 1 amide bonds.